The largest absolute Gasteiger partial charge is 0.395 e. The lowest BCUT2D eigenvalue weighted by Crippen LogP contribution is -2.52. The number of nitrogens with zero attached hydrogens (tertiary/aromatic N) is 4. The third kappa shape index (κ3) is 4.88. The number of aryl methyl sites for hydroxylation is 1. The fraction of sp³-hybridized carbons (Fsp3) is 0.458. The summed E-state index contributed by atoms with van der Waals surface area (Å²) in [6.45, 7) is 4.71. The number of hydrogen-bond acceptors (Lipinski definition) is 7. The Morgan fingerprint density at radius 3 is 2.44 bits per heavy atom. The molecule has 196 valence electrons. The van der Waals surface area contributed by atoms with Crippen LogP contribution < -0.4 is 0 Å². The molecule has 6 atom stereocenters. The van der Waals surface area contributed by atoms with Crippen molar-refractivity contribution < 1.29 is 33.6 Å². The minimum absolute atomic E-state index is 0.0148. The van der Waals surface area contributed by atoms with Gasteiger partial charge in [0.25, 0.3) is 0 Å². The number of aromatic nitrogens is 4. The van der Waals surface area contributed by atoms with Crippen LogP contribution >= 0.6 is 10.9 Å². The zero-order chi connectivity index (χ0) is 26.4. The van der Waals surface area contributed by atoms with Gasteiger partial charge in [0.05, 0.1) is 30.6 Å². The average molecular weight is 527 g/mol. The first-order valence-electron chi connectivity index (χ1n) is 11.4. The Morgan fingerprint density at radius 1 is 1.19 bits per heavy atom. The zero-order valence-electron chi connectivity index (χ0n) is 19.9. The van der Waals surface area contributed by atoms with E-state index < -0.39 is 69.3 Å². The van der Waals surface area contributed by atoms with Crippen molar-refractivity contribution in [2.75, 3.05) is 12.4 Å². The van der Waals surface area contributed by atoms with E-state index in [1.54, 1.807) is 26.1 Å². The second-order valence-corrected chi connectivity index (χ2v) is 12.1. The Kier molecular flexibility index (Phi) is 7.45. The zero-order valence-corrected chi connectivity index (χ0v) is 20.8. The highest BCUT2D eigenvalue weighted by atomic mass is 32.2. The topological polar surface area (TPSA) is 125 Å². The van der Waals surface area contributed by atoms with Gasteiger partial charge in [0.2, 0.25) is 0 Å². The maximum Gasteiger partial charge on any atom is 0.194 e. The molecular formula is C24H29F3N4O4S. The molecular weight excluding hydrogens is 497 g/mol. The highest BCUT2D eigenvalue weighted by Crippen LogP contribution is 2.57. The van der Waals surface area contributed by atoms with E-state index >= 15 is 0 Å². The minimum Gasteiger partial charge on any atom is -0.395 e. The predicted molar refractivity (Wildman–Crippen MR) is 129 cm³/mol. The average Bonchev–Trinajstić information content (AvgIpc) is 3.27. The van der Waals surface area contributed by atoms with E-state index in [4.69, 9.17) is 0 Å². The van der Waals surface area contributed by atoms with Crippen molar-refractivity contribution in [2.45, 2.75) is 55.1 Å². The molecule has 0 radical (unpaired) electrons. The van der Waals surface area contributed by atoms with Gasteiger partial charge in [-0.25, -0.2) is 28.7 Å². The lowest BCUT2D eigenvalue weighted by molar-refractivity contribution is 0.00570. The van der Waals surface area contributed by atoms with Crippen LogP contribution in [0.2, 0.25) is 0 Å². The van der Waals surface area contributed by atoms with E-state index in [2.05, 4.69) is 15.3 Å². The van der Waals surface area contributed by atoms with E-state index in [1.807, 2.05) is 13.0 Å². The Hall–Kier alpha value is -2.51. The van der Waals surface area contributed by atoms with E-state index in [-0.39, 0.29) is 17.0 Å². The highest BCUT2D eigenvalue weighted by molar-refractivity contribution is 8.18. The molecule has 0 spiro atoms. The van der Waals surface area contributed by atoms with Crippen LogP contribution in [0, 0.1) is 24.4 Å². The standard InChI is InChI=1S/C24H29F3N4O4S/c1-12-14(5-4-6-28-12)23(24(2,3)35)36-11-18(33)21(22(34)19(36)10-32)31-9-17(29-30-31)13-7-15(25)20(27)16(26)8-13/h4-9,18-19,21-23,32-36H,10-11H2,1-3H3/t18-,19+,21-,22-,23?/m0/s1. The van der Waals surface area contributed by atoms with Gasteiger partial charge in [-0.05, 0) is 44.5 Å². The van der Waals surface area contributed by atoms with Crippen LogP contribution in [0.4, 0.5) is 13.2 Å². The fourth-order valence-corrected chi connectivity index (χ4v) is 8.69. The van der Waals surface area contributed by atoms with Crippen LogP contribution in [-0.4, -0.2) is 75.8 Å². The van der Waals surface area contributed by atoms with E-state index in [1.165, 1.54) is 10.9 Å². The molecule has 4 N–H and O–H groups in total. The number of halogens is 3. The summed E-state index contributed by atoms with van der Waals surface area (Å²) in [6, 6.07) is 4.13. The van der Waals surface area contributed by atoms with Gasteiger partial charge in [0, 0.05) is 33.7 Å². The van der Waals surface area contributed by atoms with Crippen molar-refractivity contribution in [2.24, 2.45) is 0 Å². The number of pyridine rings is 1. The summed E-state index contributed by atoms with van der Waals surface area (Å²) in [5.41, 5.74) is 0.190. The van der Waals surface area contributed by atoms with Crippen molar-refractivity contribution >= 4 is 10.9 Å². The Labute approximate surface area is 208 Å². The number of benzene rings is 1. The smallest absolute Gasteiger partial charge is 0.194 e. The first kappa shape index (κ1) is 26.6. The summed E-state index contributed by atoms with van der Waals surface area (Å²) >= 11 is 0. The van der Waals surface area contributed by atoms with Crippen molar-refractivity contribution in [1.29, 1.82) is 0 Å². The molecule has 3 heterocycles. The van der Waals surface area contributed by atoms with Crippen LogP contribution in [0.1, 0.15) is 36.4 Å². The van der Waals surface area contributed by atoms with Crippen molar-refractivity contribution in [3.8, 4) is 11.3 Å². The lowest BCUT2D eigenvalue weighted by Gasteiger charge is -2.50. The number of aliphatic hydroxyl groups is 4. The normalized spacial score (nSPS) is 26.7. The quantitative estimate of drug-likeness (QED) is 0.246. The number of rotatable bonds is 6. The fourth-order valence-electron chi connectivity index (χ4n) is 4.96. The van der Waals surface area contributed by atoms with Crippen LogP contribution in [0.5, 0.6) is 0 Å². The van der Waals surface area contributed by atoms with Gasteiger partial charge < -0.3 is 20.4 Å². The molecule has 1 aromatic carbocycles. The molecule has 0 bridgehead atoms. The molecule has 0 saturated carbocycles. The summed E-state index contributed by atoms with van der Waals surface area (Å²) in [6.07, 6.45) is 0.526. The van der Waals surface area contributed by atoms with Gasteiger partial charge in [0.15, 0.2) is 17.5 Å². The van der Waals surface area contributed by atoms with Gasteiger partial charge in [0.1, 0.15) is 11.7 Å². The van der Waals surface area contributed by atoms with E-state index in [0.717, 1.165) is 17.7 Å². The number of hydrogen-bond donors (Lipinski definition) is 5. The van der Waals surface area contributed by atoms with E-state index in [0.29, 0.717) is 5.69 Å². The van der Waals surface area contributed by atoms with Gasteiger partial charge in [-0.3, -0.25) is 4.98 Å². The molecule has 8 nitrogen and oxygen atoms in total. The molecule has 3 aromatic rings. The van der Waals surface area contributed by atoms with Gasteiger partial charge in [-0.15, -0.1) is 5.10 Å². The molecule has 12 heteroatoms. The summed E-state index contributed by atoms with van der Waals surface area (Å²) in [5.74, 6) is -4.20. The van der Waals surface area contributed by atoms with E-state index in [9.17, 15) is 33.6 Å². The van der Waals surface area contributed by atoms with Crippen molar-refractivity contribution in [3.05, 3.63) is 65.4 Å². The molecule has 4 rings (SSSR count). The monoisotopic (exact) mass is 526 g/mol. The first-order valence-corrected chi connectivity index (χ1v) is 13.0. The van der Waals surface area contributed by atoms with Crippen LogP contribution in [-0.2, 0) is 0 Å². The van der Waals surface area contributed by atoms with Crippen LogP contribution in [0.25, 0.3) is 11.3 Å². The van der Waals surface area contributed by atoms with Crippen molar-refractivity contribution in [1.82, 2.24) is 20.0 Å². The SMILES string of the molecule is Cc1ncccc1C([SH]1C[C@H](O)[C@H](n2cc(-c3cc(F)c(F)c(F)c3)nn2)[C@@H](O)[C@H]1CO)C(C)(C)O. The summed E-state index contributed by atoms with van der Waals surface area (Å²) in [5, 5.41) is 50.4. The Bertz CT molecular complexity index is 1220. The van der Waals surface area contributed by atoms with Gasteiger partial charge >= 0.3 is 0 Å². The highest BCUT2D eigenvalue weighted by Gasteiger charge is 2.49. The maximum atomic E-state index is 13.7. The second-order valence-electron chi connectivity index (χ2n) is 9.57. The summed E-state index contributed by atoms with van der Waals surface area (Å²) < 4.78 is 41.9. The second kappa shape index (κ2) is 10.1. The van der Waals surface area contributed by atoms with Gasteiger partial charge in [-0.1, -0.05) is 11.3 Å². The summed E-state index contributed by atoms with van der Waals surface area (Å²) in [4.78, 5) is 4.32. The van der Waals surface area contributed by atoms with Crippen molar-refractivity contribution in [3.63, 3.8) is 0 Å². The lowest BCUT2D eigenvalue weighted by atomic mass is 9.97. The predicted octanol–water partition coefficient (Wildman–Crippen LogP) is 2.22. The molecule has 1 saturated heterocycles. The molecule has 36 heavy (non-hydrogen) atoms. The van der Waals surface area contributed by atoms with Gasteiger partial charge in [-0.2, -0.15) is 0 Å². The molecule has 2 aromatic heterocycles. The molecule has 1 fully saturated rings. The molecule has 2 unspecified atom stereocenters. The van der Waals surface area contributed by atoms with Crippen LogP contribution in [0.3, 0.4) is 0 Å². The minimum atomic E-state index is -1.60. The summed E-state index contributed by atoms with van der Waals surface area (Å²) in [7, 11) is -1.37. The Balaban J connectivity index is 1.68. The maximum absolute atomic E-state index is 13.7. The molecule has 0 amide bonds. The third-order valence-electron chi connectivity index (χ3n) is 6.59. The van der Waals surface area contributed by atoms with Crippen LogP contribution in [0.15, 0.2) is 36.7 Å². The third-order valence-corrected chi connectivity index (χ3v) is 10.3. The molecule has 1 aliphatic heterocycles. The molecule has 0 aliphatic carbocycles. The Morgan fingerprint density at radius 2 is 1.86 bits per heavy atom. The number of aliphatic hydroxyl groups excluding tert-OH is 3. The first-order chi connectivity index (χ1) is 16.9. The number of thiol groups is 1. The molecule has 1 aliphatic rings.